The maximum Gasteiger partial charge on any atom is 0.263 e. The molecule has 0 bridgehead atoms. The Labute approximate surface area is 128 Å². The van der Waals surface area contributed by atoms with Crippen LogP contribution in [0.2, 0.25) is 0 Å². The summed E-state index contributed by atoms with van der Waals surface area (Å²) in [6, 6.07) is 1.87. The fraction of sp³-hybridized carbons (Fsp3) is 0.500. The van der Waals surface area contributed by atoms with Gasteiger partial charge in [0.05, 0.1) is 0 Å². The molecule has 6 nitrogen and oxygen atoms in total. The number of ether oxygens (including phenoxy) is 1. The number of hydrogen-bond donors (Lipinski definition) is 2. The van der Waals surface area contributed by atoms with E-state index in [0.29, 0.717) is 18.3 Å². The van der Waals surface area contributed by atoms with E-state index in [0.717, 1.165) is 25.9 Å². The zero-order chi connectivity index (χ0) is 15.3. The molecule has 0 saturated carbocycles. The minimum Gasteiger partial charge on any atom is -0.381 e. The van der Waals surface area contributed by atoms with Gasteiger partial charge >= 0.3 is 0 Å². The average Bonchev–Trinajstić information content (AvgIpc) is 3.00. The lowest BCUT2D eigenvalue weighted by atomic mass is 10.3. The summed E-state index contributed by atoms with van der Waals surface area (Å²) >= 11 is 1.39. The van der Waals surface area contributed by atoms with Crippen LogP contribution in [-0.4, -0.2) is 30.6 Å². The van der Waals surface area contributed by atoms with Crippen molar-refractivity contribution in [1.82, 2.24) is 10.3 Å². The lowest BCUT2D eigenvalue weighted by molar-refractivity contribution is -0.117. The number of carbonyl (C=O) groups is 1. The van der Waals surface area contributed by atoms with Crippen LogP contribution in [0.25, 0.3) is 0 Å². The quantitative estimate of drug-likeness (QED) is 0.393. The molecule has 1 aromatic rings. The standard InChI is InChI=1S/C14H20N4O2S/c1-2-3-7-20-8-4-5-16-13(19)12(10-15)11-18-14-17-6-9-21-14/h6,9,11H,2-5,7-8H2,1H3,(H,16,19)(H,17,18)/b12-11-. The summed E-state index contributed by atoms with van der Waals surface area (Å²) in [5.41, 5.74) is 0.0251. The summed E-state index contributed by atoms with van der Waals surface area (Å²) in [6.07, 6.45) is 5.90. The van der Waals surface area contributed by atoms with Crippen molar-refractivity contribution in [2.75, 3.05) is 25.1 Å². The Morgan fingerprint density at radius 2 is 2.33 bits per heavy atom. The van der Waals surface area contributed by atoms with Gasteiger partial charge in [-0.2, -0.15) is 5.26 Å². The lowest BCUT2D eigenvalue weighted by Gasteiger charge is -2.05. The Morgan fingerprint density at radius 3 is 3.00 bits per heavy atom. The third-order valence-corrected chi connectivity index (χ3v) is 3.23. The molecular formula is C14H20N4O2S. The van der Waals surface area contributed by atoms with Gasteiger partial charge in [-0.1, -0.05) is 13.3 Å². The van der Waals surface area contributed by atoms with E-state index in [1.807, 2.05) is 6.07 Å². The molecule has 0 radical (unpaired) electrons. The Hall–Kier alpha value is -1.91. The highest BCUT2D eigenvalue weighted by Crippen LogP contribution is 2.10. The first-order valence-electron chi connectivity index (χ1n) is 6.90. The lowest BCUT2D eigenvalue weighted by Crippen LogP contribution is -2.26. The van der Waals surface area contributed by atoms with E-state index in [2.05, 4.69) is 22.5 Å². The van der Waals surface area contributed by atoms with Crippen molar-refractivity contribution >= 4 is 22.4 Å². The van der Waals surface area contributed by atoms with Crippen LogP contribution in [0.4, 0.5) is 5.13 Å². The molecule has 1 aromatic heterocycles. The number of amides is 1. The predicted molar refractivity (Wildman–Crippen MR) is 82.8 cm³/mol. The van der Waals surface area contributed by atoms with E-state index < -0.39 is 5.91 Å². The zero-order valence-corrected chi connectivity index (χ0v) is 12.9. The van der Waals surface area contributed by atoms with Crippen LogP contribution in [0.15, 0.2) is 23.3 Å². The van der Waals surface area contributed by atoms with E-state index in [1.54, 1.807) is 11.6 Å². The minimum atomic E-state index is -0.393. The number of thiazole rings is 1. The van der Waals surface area contributed by atoms with Crippen LogP contribution >= 0.6 is 11.3 Å². The molecule has 0 spiro atoms. The molecule has 0 aromatic carbocycles. The molecule has 1 heterocycles. The number of aromatic nitrogens is 1. The van der Waals surface area contributed by atoms with Crippen molar-refractivity contribution in [3.05, 3.63) is 23.3 Å². The van der Waals surface area contributed by atoms with Gasteiger partial charge in [-0.15, -0.1) is 11.3 Å². The first kappa shape index (κ1) is 17.1. The molecule has 2 N–H and O–H groups in total. The normalized spacial score (nSPS) is 11.0. The number of unbranched alkanes of at least 4 members (excludes halogenated alkanes) is 1. The molecule has 1 amide bonds. The van der Waals surface area contributed by atoms with Gasteiger partial charge in [-0.3, -0.25) is 4.79 Å². The van der Waals surface area contributed by atoms with Gasteiger partial charge in [-0.25, -0.2) is 4.98 Å². The van der Waals surface area contributed by atoms with Crippen LogP contribution in [0, 0.1) is 11.3 Å². The van der Waals surface area contributed by atoms with Gasteiger partial charge in [0, 0.05) is 37.5 Å². The van der Waals surface area contributed by atoms with Crippen LogP contribution in [0.1, 0.15) is 26.2 Å². The van der Waals surface area contributed by atoms with Crippen molar-refractivity contribution in [3.63, 3.8) is 0 Å². The summed E-state index contributed by atoms with van der Waals surface area (Å²) < 4.78 is 5.39. The fourth-order valence-electron chi connectivity index (χ4n) is 1.40. The van der Waals surface area contributed by atoms with Crippen molar-refractivity contribution in [2.45, 2.75) is 26.2 Å². The largest absolute Gasteiger partial charge is 0.381 e. The van der Waals surface area contributed by atoms with Crippen molar-refractivity contribution in [1.29, 1.82) is 5.26 Å². The summed E-state index contributed by atoms with van der Waals surface area (Å²) in [7, 11) is 0. The van der Waals surface area contributed by atoms with Gasteiger partial charge < -0.3 is 15.4 Å². The van der Waals surface area contributed by atoms with Crippen LogP contribution < -0.4 is 10.6 Å². The number of hydrogen-bond acceptors (Lipinski definition) is 6. The Kier molecular flexibility index (Phi) is 8.84. The van der Waals surface area contributed by atoms with Gasteiger partial charge in [0.2, 0.25) is 0 Å². The summed E-state index contributed by atoms with van der Waals surface area (Å²) in [6.45, 7) is 3.97. The van der Waals surface area contributed by atoms with E-state index in [4.69, 9.17) is 10.00 Å². The predicted octanol–water partition coefficient (Wildman–Crippen LogP) is 2.29. The molecule has 0 saturated heterocycles. The zero-order valence-electron chi connectivity index (χ0n) is 12.1. The molecule has 0 unspecified atom stereocenters. The number of nitriles is 1. The number of carbonyl (C=O) groups excluding carboxylic acids is 1. The van der Waals surface area contributed by atoms with Crippen molar-refractivity contribution < 1.29 is 9.53 Å². The average molecular weight is 308 g/mol. The van der Waals surface area contributed by atoms with Crippen LogP contribution in [0.3, 0.4) is 0 Å². The van der Waals surface area contributed by atoms with E-state index in [-0.39, 0.29) is 5.57 Å². The highest BCUT2D eigenvalue weighted by molar-refractivity contribution is 7.13. The second-order valence-corrected chi connectivity index (χ2v) is 5.12. The first-order valence-corrected chi connectivity index (χ1v) is 7.78. The SMILES string of the molecule is CCCCOCCCNC(=O)/C(C#N)=C\Nc1nccs1. The highest BCUT2D eigenvalue weighted by Gasteiger charge is 2.07. The molecule has 1 rings (SSSR count). The topological polar surface area (TPSA) is 87.0 Å². The minimum absolute atomic E-state index is 0.0251. The monoisotopic (exact) mass is 308 g/mol. The fourth-order valence-corrected chi connectivity index (χ4v) is 1.90. The molecule has 0 aliphatic carbocycles. The molecule has 0 aliphatic rings. The maximum absolute atomic E-state index is 11.8. The summed E-state index contributed by atoms with van der Waals surface area (Å²) in [4.78, 5) is 15.8. The third-order valence-electron chi connectivity index (χ3n) is 2.53. The molecule has 114 valence electrons. The number of nitrogens with one attached hydrogen (secondary N) is 2. The second-order valence-electron chi connectivity index (χ2n) is 4.23. The Balaban J connectivity index is 2.22. The number of anilines is 1. The molecule has 0 aliphatic heterocycles. The molecule has 7 heteroatoms. The van der Waals surface area contributed by atoms with Crippen molar-refractivity contribution in [2.24, 2.45) is 0 Å². The van der Waals surface area contributed by atoms with Gasteiger partial charge in [-0.05, 0) is 12.8 Å². The van der Waals surface area contributed by atoms with E-state index >= 15 is 0 Å². The second kappa shape index (κ2) is 10.8. The first-order chi connectivity index (χ1) is 10.3. The third kappa shape index (κ3) is 7.44. The number of rotatable bonds is 10. The van der Waals surface area contributed by atoms with Gasteiger partial charge in [0.25, 0.3) is 5.91 Å². The van der Waals surface area contributed by atoms with Gasteiger partial charge in [0.1, 0.15) is 11.6 Å². The Morgan fingerprint density at radius 1 is 1.52 bits per heavy atom. The highest BCUT2D eigenvalue weighted by atomic mass is 32.1. The summed E-state index contributed by atoms with van der Waals surface area (Å²) in [5, 5.41) is 16.9. The molecular weight excluding hydrogens is 288 g/mol. The molecule has 0 fully saturated rings. The Bertz CT molecular complexity index is 480. The molecule has 0 atom stereocenters. The molecule has 21 heavy (non-hydrogen) atoms. The van der Waals surface area contributed by atoms with Crippen LogP contribution in [0.5, 0.6) is 0 Å². The van der Waals surface area contributed by atoms with Gasteiger partial charge in [0.15, 0.2) is 5.13 Å². The maximum atomic E-state index is 11.8. The van der Waals surface area contributed by atoms with Crippen LogP contribution in [-0.2, 0) is 9.53 Å². The smallest absolute Gasteiger partial charge is 0.263 e. The van der Waals surface area contributed by atoms with E-state index in [9.17, 15) is 4.79 Å². The number of nitrogens with zero attached hydrogens (tertiary/aromatic N) is 2. The van der Waals surface area contributed by atoms with E-state index in [1.165, 1.54) is 17.5 Å². The summed E-state index contributed by atoms with van der Waals surface area (Å²) in [5.74, 6) is -0.393. The van der Waals surface area contributed by atoms with Crippen molar-refractivity contribution in [3.8, 4) is 6.07 Å².